The number of amides is 1. The van der Waals surface area contributed by atoms with Crippen molar-refractivity contribution in [1.82, 2.24) is 4.90 Å². The largest absolute Gasteiger partial charge is 0.410 e. The molecule has 0 radical (unpaired) electrons. The quantitative estimate of drug-likeness (QED) is 0.740. The number of hydrogen-bond donors (Lipinski definition) is 0. The van der Waals surface area contributed by atoms with Crippen molar-refractivity contribution in [3.05, 3.63) is 59.7 Å². The van der Waals surface area contributed by atoms with E-state index in [2.05, 4.69) is 0 Å². The Morgan fingerprint density at radius 2 is 1.83 bits per heavy atom. The first-order chi connectivity index (χ1) is 10.9. The molecule has 1 heterocycles. The Bertz CT molecular complexity index is 774. The number of benzene rings is 2. The van der Waals surface area contributed by atoms with Crippen LogP contribution in [0.5, 0.6) is 0 Å². The Balaban J connectivity index is 1.93. The van der Waals surface area contributed by atoms with Crippen molar-refractivity contribution in [3.8, 4) is 0 Å². The normalized spacial score (nSPS) is 18.9. The summed E-state index contributed by atoms with van der Waals surface area (Å²) in [4.78, 5) is 13.8. The van der Waals surface area contributed by atoms with Crippen molar-refractivity contribution in [3.63, 3.8) is 0 Å². The fourth-order valence-electron chi connectivity index (χ4n) is 3.12. The summed E-state index contributed by atoms with van der Waals surface area (Å²) in [6.07, 6.45) is -4.19. The van der Waals surface area contributed by atoms with Gasteiger partial charge in [-0.05, 0) is 29.7 Å². The van der Waals surface area contributed by atoms with Crippen LogP contribution in [-0.4, -0.2) is 23.5 Å². The van der Waals surface area contributed by atoms with E-state index in [1.165, 1.54) is 4.90 Å². The van der Waals surface area contributed by atoms with Crippen molar-refractivity contribution in [2.24, 2.45) is 0 Å². The van der Waals surface area contributed by atoms with Gasteiger partial charge in [0.25, 0.3) is 0 Å². The molecule has 1 aliphatic heterocycles. The van der Waals surface area contributed by atoms with Gasteiger partial charge in [0, 0.05) is 18.2 Å². The highest BCUT2D eigenvalue weighted by molar-refractivity contribution is 5.96. The van der Waals surface area contributed by atoms with Gasteiger partial charge < -0.3 is 4.90 Å². The van der Waals surface area contributed by atoms with E-state index in [1.54, 1.807) is 0 Å². The average Bonchev–Trinajstić information content (AvgIpc) is 2.85. The van der Waals surface area contributed by atoms with Crippen LogP contribution in [0, 0.1) is 0 Å². The molecular formula is C18H16F3NO. The molecule has 1 saturated heterocycles. The maximum Gasteiger partial charge on any atom is 0.410 e. The van der Waals surface area contributed by atoms with E-state index in [4.69, 9.17) is 0 Å². The first-order valence-electron chi connectivity index (χ1n) is 7.44. The van der Waals surface area contributed by atoms with E-state index in [0.29, 0.717) is 6.54 Å². The predicted octanol–water partition coefficient (Wildman–Crippen LogP) is 4.62. The van der Waals surface area contributed by atoms with Gasteiger partial charge in [0.1, 0.15) is 0 Å². The lowest BCUT2D eigenvalue weighted by molar-refractivity contribution is -0.127. The zero-order valence-electron chi connectivity index (χ0n) is 12.6. The minimum atomic E-state index is -4.45. The molecule has 0 unspecified atom stereocenters. The van der Waals surface area contributed by atoms with Crippen molar-refractivity contribution < 1.29 is 18.0 Å². The number of allylic oxidation sites excluding steroid dienone is 1. The second-order valence-corrected chi connectivity index (χ2v) is 5.70. The van der Waals surface area contributed by atoms with Gasteiger partial charge in [-0.3, -0.25) is 4.79 Å². The van der Waals surface area contributed by atoms with Crippen LogP contribution in [0.25, 0.3) is 10.8 Å². The molecule has 2 nitrogen and oxygen atoms in total. The topological polar surface area (TPSA) is 20.3 Å². The second-order valence-electron chi connectivity index (χ2n) is 5.70. The summed E-state index contributed by atoms with van der Waals surface area (Å²) < 4.78 is 37.5. The summed E-state index contributed by atoms with van der Waals surface area (Å²) in [5, 5.41) is 2.07. The first-order valence-corrected chi connectivity index (χ1v) is 7.44. The minimum Gasteiger partial charge on any atom is -0.332 e. The van der Waals surface area contributed by atoms with Crippen LogP contribution >= 0.6 is 0 Å². The maximum atomic E-state index is 12.5. The van der Waals surface area contributed by atoms with E-state index < -0.39 is 12.1 Å². The number of fused-ring (bicyclic) bond motifs is 1. The lowest BCUT2D eigenvalue weighted by Crippen LogP contribution is -2.28. The molecule has 120 valence electrons. The van der Waals surface area contributed by atoms with E-state index in [0.717, 1.165) is 16.3 Å². The Labute approximate surface area is 132 Å². The van der Waals surface area contributed by atoms with Crippen LogP contribution < -0.4 is 0 Å². The predicted molar refractivity (Wildman–Crippen MR) is 82.8 cm³/mol. The number of halogens is 3. The molecule has 2 aromatic carbocycles. The van der Waals surface area contributed by atoms with E-state index >= 15 is 0 Å². The molecule has 5 heteroatoms. The lowest BCUT2D eigenvalue weighted by Gasteiger charge is -2.25. The van der Waals surface area contributed by atoms with Crippen LogP contribution in [0.15, 0.2) is 54.1 Å². The average molecular weight is 319 g/mol. The van der Waals surface area contributed by atoms with E-state index in [-0.39, 0.29) is 24.1 Å². The number of carbonyl (C=O) groups excluding carboxylic acids is 1. The Morgan fingerprint density at radius 3 is 2.57 bits per heavy atom. The van der Waals surface area contributed by atoms with Crippen molar-refractivity contribution in [2.75, 3.05) is 6.54 Å². The first kappa shape index (κ1) is 15.6. The smallest absolute Gasteiger partial charge is 0.332 e. The SMILES string of the molecule is C[C@H](c1cccc2ccccc12)N1CCC(=CC(F)(F)F)C1=O. The summed E-state index contributed by atoms with van der Waals surface area (Å²) in [6.45, 7) is 2.17. The van der Waals surface area contributed by atoms with E-state index in [9.17, 15) is 18.0 Å². The van der Waals surface area contributed by atoms with Gasteiger partial charge in [-0.2, -0.15) is 13.2 Å². The molecule has 2 aromatic rings. The summed E-state index contributed by atoms with van der Waals surface area (Å²) in [6, 6.07) is 13.3. The second kappa shape index (κ2) is 5.72. The molecule has 0 aromatic heterocycles. The molecule has 1 atom stereocenters. The van der Waals surface area contributed by atoms with Crippen molar-refractivity contribution >= 4 is 16.7 Å². The van der Waals surface area contributed by atoms with Gasteiger partial charge in [0.15, 0.2) is 0 Å². The van der Waals surface area contributed by atoms with Crippen LogP contribution in [-0.2, 0) is 4.79 Å². The lowest BCUT2D eigenvalue weighted by atomic mass is 9.99. The van der Waals surface area contributed by atoms with Crippen LogP contribution in [0.2, 0.25) is 0 Å². The zero-order chi connectivity index (χ0) is 16.6. The number of likely N-dealkylation sites (tertiary alicyclic amines) is 1. The van der Waals surface area contributed by atoms with Gasteiger partial charge in [0.2, 0.25) is 5.91 Å². The highest BCUT2D eigenvalue weighted by Gasteiger charge is 2.35. The molecule has 1 aliphatic rings. The number of hydrogen-bond acceptors (Lipinski definition) is 1. The third-order valence-electron chi connectivity index (χ3n) is 4.24. The van der Waals surface area contributed by atoms with Gasteiger partial charge in [-0.25, -0.2) is 0 Å². The summed E-state index contributed by atoms with van der Waals surface area (Å²) in [5.41, 5.74) is 0.786. The number of alkyl halides is 3. The number of nitrogens with zero attached hydrogens (tertiary/aromatic N) is 1. The van der Waals surface area contributed by atoms with Crippen LogP contribution in [0.3, 0.4) is 0 Å². The number of carbonyl (C=O) groups is 1. The molecule has 3 rings (SSSR count). The van der Waals surface area contributed by atoms with Crippen LogP contribution in [0.4, 0.5) is 13.2 Å². The van der Waals surface area contributed by atoms with Crippen molar-refractivity contribution in [2.45, 2.75) is 25.6 Å². The zero-order valence-corrected chi connectivity index (χ0v) is 12.6. The standard InChI is InChI=1S/C18H16F3NO/c1-12(15-8-4-6-13-5-2-3-7-16(13)15)22-10-9-14(17(22)23)11-18(19,20)21/h2-8,11-12H,9-10H2,1H3/t12-/m1/s1. The van der Waals surface area contributed by atoms with Gasteiger partial charge in [-0.15, -0.1) is 0 Å². The fourth-order valence-corrected chi connectivity index (χ4v) is 3.12. The molecule has 1 fully saturated rings. The summed E-state index contributed by atoms with van der Waals surface area (Å²) >= 11 is 0. The van der Waals surface area contributed by atoms with E-state index in [1.807, 2.05) is 49.4 Å². The molecular weight excluding hydrogens is 303 g/mol. The highest BCUT2D eigenvalue weighted by atomic mass is 19.4. The van der Waals surface area contributed by atoms with Crippen LogP contribution in [0.1, 0.15) is 24.9 Å². The fraction of sp³-hybridized carbons (Fsp3) is 0.278. The van der Waals surface area contributed by atoms with Gasteiger partial charge in [0.05, 0.1) is 6.04 Å². The Hall–Kier alpha value is -2.30. The molecule has 0 saturated carbocycles. The Kier molecular flexibility index (Phi) is 3.88. The molecule has 23 heavy (non-hydrogen) atoms. The molecule has 0 N–H and O–H groups in total. The minimum absolute atomic E-state index is 0.130. The maximum absolute atomic E-state index is 12.5. The summed E-state index contributed by atoms with van der Waals surface area (Å²) in [7, 11) is 0. The third kappa shape index (κ3) is 3.09. The molecule has 1 amide bonds. The number of rotatable bonds is 2. The van der Waals surface area contributed by atoms with Crippen molar-refractivity contribution in [1.29, 1.82) is 0 Å². The van der Waals surface area contributed by atoms with Gasteiger partial charge in [-0.1, -0.05) is 42.5 Å². The third-order valence-corrected chi connectivity index (χ3v) is 4.24. The monoisotopic (exact) mass is 319 g/mol. The molecule has 0 spiro atoms. The highest BCUT2D eigenvalue weighted by Crippen LogP contribution is 2.33. The van der Waals surface area contributed by atoms with Gasteiger partial charge >= 0.3 is 6.18 Å². The summed E-state index contributed by atoms with van der Waals surface area (Å²) in [5.74, 6) is -0.525. The Morgan fingerprint density at radius 1 is 1.13 bits per heavy atom. The molecule has 0 aliphatic carbocycles. The molecule has 0 bridgehead atoms.